The van der Waals surface area contributed by atoms with E-state index >= 15 is 0 Å². The number of rotatable bonds is 5. The van der Waals surface area contributed by atoms with Gasteiger partial charge in [0.1, 0.15) is 5.82 Å². The van der Waals surface area contributed by atoms with Gasteiger partial charge in [0, 0.05) is 16.5 Å². The second-order valence-electron chi connectivity index (χ2n) is 6.44. The summed E-state index contributed by atoms with van der Waals surface area (Å²) in [5.41, 5.74) is 2.67. The lowest BCUT2D eigenvalue weighted by atomic mass is 10.1. The molecule has 0 aliphatic rings. The molecule has 6 heteroatoms. The fourth-order valence-electron chi connectivity index (χ4n) is 2.99. The Labute approximate surface area is 173 Å². The van der Waals surface area contributed by atoms with E-state index in [4.69, 9.17) is 28.2 Å². The van der Waals surface area contributed by atoms with Crippen LogP contribution in [0, 0.1) is 0 Å². The lowest BCUT2D eigenvalue weighted by Gasteiger charge is -2.17. The molecule has 0 saturated heterocycles. The van der Waals surface area contributed by atoms with E-state index in [1.54, 1.807) is 18.2 Å². The first kappa shape index (κ1) is 18.5. The lowest BCUT2D eigenvalue weighted by molar-refractivity contribution is 0.876. The first-order valence-corrected chi connectivity index (χ1v) is 9.66. The topological polar surface area (TPSA) is 49.8 Å². The predicted molar refractivity (Wildman–Crippen MR) is 118 cm³/mol. The summed E-state index contributed by atoms with van der Waals surface area (Å²) in [7, 11) is 0. The van der Waals surface area contributed by atoms with E-state index in [2.05, 4.69) is 34.7 Å². The zero-order chi connectivity index (χ0) is 19.5. The van der Waals surface area contributed by atoms with E-state index in [1.165, 1.54) is 5.56 Å². The third-order valence-electron chi connectivity index (χ3n) is 4.43. The van der Waals surface area contributed by atoms with Crippen LogP contribution in [0.4, 0.5) is 17.5 Å². The summed E-state index contributed by atoms with van der Waals surface area (Å²) in [5.74, 6) is 1.20. The fourth-order valence-corrected chi connectivity index (χ4v) is 3.32. The molecular formula is C22H18Cl2N4. The number of anilines is 3. The highest BCUT2D eigenvalue weighted by molar-refractivity contribution is 6.35. The van der Waals surface area contributed by atoms with Crippen molar-refractivity contribution in [2.75, 3.05) is 10.6 Å². The summed E-state index contributed by atoms with van der Waals surface area (Å²) in [4.78, 5) is 9.32. The van der Waals surface area contributed by atoms with Crippen LogP contribution in [-0.4, -0.2) is 9.97 Å². The van der Waals surface area contributed by atoms with Crippen molar-refractivity contribution in [3.8, 4) is 0 Å². The summed E-state index contributed by atoms with van der Waals surface area (Å²) >= 11 is 12.4. The van der Waals surface area contributed by atoms with Crippen LogP contribution in [0.2, 0.25) is 10.0 Å². The van der Waals surface area contributed by atoms with Crippen molar-refractivity contribution < 1.29 is 0 Å². The highest BCUT2D eigenvalue weighted by atomic mass is 35.5. The minimum atomic E-state index is 0.0853. The average molecular weight is 409 g/mol. The van der Waals surface area contributed by atoms with Crippen molar-refractivity contribution in [1.82, 2.24) is 9.97 Å². The molecule has 0 aliphatic carbocycles. The minimum absolute atomic E-state index is 0.0853. The second-order valence-corrected chi connectivity index (χ2v) is 7.28. The van der Waals surface area contributed by atoms with Gasteiger partial charge in [-0.1, -0.05) is 65.7 Å². The van der Waals surface area contributed by atoms with Gasteiger partial charge in [-0.15, -0.1) is 0 Å². The summed E-state index contributed by atoms with van der Waals surface area (Å²) in [6.07, 6.45) is 0. The Morgan fingerprint density at radius 3 is 2.43 bits per heavy atom. The molecule has 28 heavy (non-hydrogen) atoms. The van der Waals surface area contributed by atoms with E-state index in [-0.39, 0.29) is 6.04 Å². The number of nitrogens with zero attached hydrogens (tertiary/aromatic N) is 2. The van der Waals surface area contributed by atoms with Crippen LogP contribution < -0.4 is 10.6 Å². The van der Waals surface area contributed by atoms with E-state index in [1.807, 2.05) is 42.5 Å². The first-order chi connectivity index (χ1) is 13.6. The number of halogens is 2. The maximum Gasteiger partial charge on any atom is 0.229 e. The van der Waals surface area contributed by atoms with Crippen molar-refractivity contribution in [2.45, 2.75) is 13.0 Å². The van der Waals surface area contributed by atoms with Gasteiger partial charge in [-0.25, -0.2) is 4.98 Å². The second kappa shape index (κ2) is 8.05. The molecule has 0 fully saturated rings. The molecule has 4 aromatic rings. The van der Waals surface area contributed by atoms with Crippen molar-refractivity contribution in [1.29, 1.82) is 0 Å². The number of hydrogen-bond acceptors (Lipinski definition) is 4. The van der Waals surface area contributed by atoms with Gasteiger partial charge >= 0.3 is 0 Å². The molecule has 4 rings (SSSR count). The standard InChI is InChI=1S/C22H18Cl2N4/c1-14(15-7-3-2-4-8-15)25-21-17-9-5-6-10-19(17)26-22(28-21)27-20-13-16(23)11-12-18(20)24/h2-14H,1H3,(H2,25,26,27,28). The molecule has 0 aliphatic heterocycles. The zero-order valence-electron chi connectivity index (χ0n) is 15.2. The van der Waals surface area contributed by atoms with Crippen LogP contribution in [0.5, 0.6) is 0 Å². The van der Waals surface area contributed by atoms with Gasteiger partial charge in [0.25, 0.3) is 0 Å². The molecule has 3 aromatic carbocycles. The lowest BCUT2D eigenvalue weighted by Crippen LogP contribution is -2.10. The Morgan fingerprint density at radius 2 is 1.61 bits per heavy atom. The van der Waals surface area contributed by atoms with Crippen LogP contribution in [0.1, 0.15) is 18.5 Å². The maximum atomic E-state index is 6.28. The molecule has 1 aromatic heterocycles. The smallest absolute Gasteiger partial charge is 0.229 e. The number of fused-ring (bicyclic) bond motifs is 1. The molecule has 0 amide bonds. The number of hydrogen-bond donors (Lipinski definition) is 2. The maximum absolute atomic E-state index is 6.28. The molecule has 1 heterocycles. The fraction of sp³-hybridized carbons (Fsp3) is 0.0909. The van der Waals surface area contributed by atoms with Gasteiger partial charge in [-0.3, -0.25) is 0 Å². The molecule has 0 radical (unpaired) electrons. The highest BCUT2D eigenvalue weighted by Gasteiger charge is 2.12. The SMILES string of the molecule is CC(Nc1nc(Nc2cc(Cl)ccc2Cl)nc2ccccc12)c1ccccc1. The van der Waals surface area contributed by atoms with Gasteiger partial charge in [-0.2, -0.15) is 4.98 Å². The van der Waals surface area contributed by atoms with E-state index < -0.39 is 0 Å². The highest BCUT2D eigenvalue weighted by Crippen LogP contribution is 2.30. The summed E-state index contributed by atoms with van der Waals surface area (Å²) in [5, 5.41) is 8.77. The van der Waals surface area contributed by atoms with Crippen molar-refractivity contribution in [3.05, 3.63) is 88.4 Å². The molecule has 2 N–H and O–H groups in total. The average Bonchev–Trinajstić information content (AvgIpc) is 2.71. The minimum Gasteiger partial charge on any atom is -0.363 e. The number of para-hydroxylation sites is 1. The molecule has 4 nitrogen and oxygen atoms in total. The predicted octanol–water partition coefficient (Wildman–Crippen LogP) is 6.85. The first-order valence-electron chi connectivity index (χ1n) is 8.90. The van der Waals surface area contributed by atoms with Crippen molar-refractivity contribution in [3.63, 3.8) is 0 Å². The monoisotopic (exact) mass is 408 g/mol. The molecule has 0 spiro atoms. The zero-order valence-corrected chi connectivity index (χ0v) is 16.7. The summed E-state index contributed by atoms with van der Waals surface area (Å²) in [6.45, 7) is 2.10. The Bertz CT molecular complexity index is 1120. The van der Waals surface area contributed by atoms with Crippen LogP contribution in [0.15, 0.2) is 72.8 Å². The number of benzene rings is 3. The summed E-state index contributed by atoms with van der Waals surface area (Å²) < 4.78 is 0. The Balaban J connectivity index is 1.72. The quantitative estimate of drug-likeness (QED) is 0.378. The van der Waals surface area contributed by atoms with Crippen LogP contribution in [0.3, 0.4) is 0 Å². The van der Waals surface area contributed by atoms with E-state index in [0.717, 1.165) is 16.7 Å². The van der Waals surface area contributed by atoms with Crippen LogP contribution in [-0.2, 0) is 0 Å². The van der Waals surface area contributed by atoms with Gasteiger partial charge in [-0.05, 0) is 42.8 Å². The van der Waals surface area contributed by atoms with E-state index in [9.17, 15) is 0 Å². The Kier molecular flexibility index (Phi) is 5.33. The third kappa shape index (κ3) is 4.03. The Morgan fingerprint density at radius 1 is 0.857 bits per heavy atom. The molecule has 1 unspecified atom stereocenters. The molecule has 0 bridgehead atoms. The van der Waals surface area contributed by atoms with Crippen molar-refractivity contribution in [2.24, 2.45) is 0 Å². The largest absolute Gasteiger partial charge is 0.363 e. The van der Waals surface area contributed by atoms with Crippen LogP contribution >= 0.6 is 23.2 Å². The number of nitrogens with one attached hydrogen (secondary N) is 2. The van der Waals surface area contributed by atoms with Gasteiger partial charge < -0.3 is 10.6 Å². The summed E-state index contributed by atoms with van der Waals surface area (Å²) in [6, 6.07) is 23.5. The van der Waals surface area contributed by atoms with Crippen molar-refractivity contribution >= 4 is 51.6 Å². The molecular weight excluding hydrogens is 391 g/mol. The molecule has 0 saturated carbocycles. The Hall–Kier alpha value is -2.82. The normalized spacial score (nSPS) is 12.0. The van der Waals surface area contributed by atoms with Gasteiger partial charge in [0.15, 0.2) is 0 Å². The van der Waals surface area contributed by atoms with Gasteiger partial charge in [0.05, 0.1) is 16.2 Å². The number of aromatic nitrogens is 2. The van der Waals surface area contributed by atoms with Gasteiger partial charge in [0.2, 0.25) is 5.95 Å². The molecule has 140 valence electrons. The third-order valence-corrected chi connectivity index (χ3v) is 5.00. The van der Waals surface area contributed by atoms with Crippen LogP contribution in [0.25, 0.3) is 10.9 Å². The van der Waals surface area contributed by atoms with E-state index in [0.29, 0.717) is 21.7 Å². The molecule has 1 atom stereocenters.